The van der Waals surface area contributed by atoms with Gasteiger partial charge in [-0.2, -0.15) is 0 Å². The van der Waals surface area contributed by atoms with Crippen LogP contribution in [0, 0.1) is 5.92 Å². The first-order valence-corrected chi connectivity index (χ1v) is 8.84. The van der Waals surface area contributed by atoms with Gasteiger partial charge in [0.1, 0.15) is 0 Å². The van der Waals surface area contributed by atoms with Crippen molar-refractivity contribution >= 4 is 11.3 Å². The molecular formula is C19H27NS. The first kappa shape index (κ1) is 16.3. The molecule has 2 heteroatoms. The van der Waals surface area contributed by atoms with Crippen LogP contribution in [0.1, 0.15) is 42.0 Å². The molecule has 2 aromatic rings. The Kier molecular flexibility index (Phi) is 6.47. The summed E-state index contributed by atoms with van der Waals surface area (Å²) < 4.78 is 0. The van der Waals surface area contributed by atoms with Gasteiger partial charge in [-0.3, -0.25) is 0 Å². The van der Waals surface area contributed by atoms with Crippen molar-refractivity contribution in [2.45, 2.75) is 39.5 Å². The van der Waals surface area contributed by atoms with Gasteiger partial charge in [0.05, 0.1) is 0 Å². The van der Waals surface area contributed by atoms with E-state index >= 15 is 0 Å². The summed E-state index contributed by atoms with van der Waals surface area (Å²) in [4.78, 5) is 3.00. The average Bonchev–Trinajstić information content (AvgIpc) is 2.94. The lowest BCUT2D eigenvalue weighted by Crippen LogP contribution is -2.26. The average molecular weight is 301 g/mol. The van der Waals surface area contributed by atoms with Crippen LogP contribution in [0.25, 0.3) is 0 Å². The van der Waals surface area contributed by atoms with Crippen molar-refractivity contribution in [1.29, 1.82) is 0 Å². The van der Waals surface area contributed by atoms with Gasteiger partial charge in [-0.1, -0.05) is 51.1 Å². The molecule has 0 bridgehead atoms. The molecule has 2 rings (SSSR count). The number of thiophene rings is 1. The molecule has 0 radical (unpaired) electrons. The zero-order chi connectivity index (χ0) is 15.1. The zero-order valence-electron chi connectivity index (χ0n) is 13.4. The van der Waals surface area contributed by atoms with Gasteiger partial charge in [0, 0.05) is 22.2 Å². The molecule has 0 fully saturated rings. The van der Waals surface area contributed by atoms with Crippen molar-refractivity contribution in [2.75, 3.05) is 13.1 Å². The molecule has 1 heterocycles. The highest BCUT2D eigenvalue weighted by Gasteiger charge is 2.13. The third kappa shape index (κ3) is 5.29. The fourth-order valence-electron chi connectivity index (χ4n) is 2.54. The van der Waals surface area contributed by atoms with E-state index in [9.17, 15) is 0 Å². The highest BCUT2D eigenvalue weighted by molar-refractivity contribution is 7.11. The Bertz CT molecular complexity index is 515. The van der Waals surface area contributed by atoms with E-state index in [4.69, 9.17) is 0 Å². The smallest absolute Gasteiger partial charge is 0.00547 e. The topological polar surface area (TPSA) is 12.0 Å². The maximum Gasteiger partial charge on any atom is 0.00547 e. The Morgan fingerprint density at radius 3 is 2.29 bits per heavy atom. The van der Waals surface area contributed by atoms with Crippen molar-refractivity contribution in [3.63, 3.8) is 0 Å². The third-order valence-corrected chi connectivity index (χ3v) is 4.98. The molecule has 1 unspecified atom stereocenters. The summed E-state index contributed by atoms with van der Waals surface area (Å²) in [6.45, 7) is 8.90. The second-order valence-electron chi connectivity index (χ2n) is 6.09. The van der Waals surface area contributed by atoms with Crippen molar-refractivity contribution in [2.24, 2.45) is 5.92 Å². The molecule has 0 spiro atoms. The molecular weight excluding hydrogens is 274 g/mol. The van der Waals surface area contributed by atoms with Crippen LogP contribution in [0.2, 0.25) is 0 Å². The molecule has 0 saturated heterocycles. The van der Waals surface area contributed by atoms with E-state index in [0.29, 0.717) is 11.8 Å². The number of rotatable bonds is 8. The second-order valence-corrected chi connectivity index (χ2v) is 7.34. The molecule has 1 nitrogen and oxygen atoms in total. The molecule has 0 aliphatic heterocycles. The van der Waals surface area contributed by atoms with Crippen LogP contribution in [0.3, 0.4) is 0 Å². The third-order valence-electron chi connectivity index (χ3n) is 3.73. The molecule has 0 amide bonds. The number of benzene rings is 1. The van der Waals surface area contributed by atoms with E-state index in [2.05, 4.69) is 68.6 Å². The van der Waals surface area contributed by atoms with Crippen molar-refractivity contribution in [1.82, 2.24) is 5.32 Å². The number of hydrogen-bond acceptors (Lipinski definition) is 2. The fraction of sp³-hybridized carbons (Fsp3) is 0.474. The van der Waals surface area contributed by atoms with E-state index in [1.165, 1.54) is 15.3 Å². The lowest BCUT2D eigenvalue weighted by atomic mass is 9.95. The maximum absolute atomic E-state index is 3.63. The van der Waals surface area contributed by atoms with Crippen LogP contribution in [0.5, 0.6) is 0 Å². The monoisotopic (exact) mass is 301 g/mol. The highest BCUT2D eigenvalue weighted by atomic mass is 32.1. The van der Waals surface area contributed by atoms with Crippen molar-refractivity contribution in [3.05, 3.63) is 57.8 Å². The standard InChI is InChI=1S/C19H27NS/c1-4-18-10-11-19(21-18)12-17(14-20-13-15(2)3)16-8-6-5-7-9-16/h5-11,15,17,20H,4,12-14H2,1-3H3. The highest BCUT2D eigenvalue weighted by Crippen LogP contribution is 2.25. The Hall–Kier alpha value is -1.12. The van der Waals surface area contributed by atoms with Gasteiger partial charge in [0.2, 0.25) is 0 Å². The van der Waals surface area contributed by atoms with Gasteiger partial charge >= 0.3 is 0 Å². The van der Waals surface area contributed by atoms with E-state index in [1.54, 1.807) is 0 Å². The second kappa shape index (κ2) is 8.35. The first-order chi connectivity index (χ1) is 10.2. The van der Waals surface area contributed by atoms with E-state index in [-0.39, 0.29) is 0 Å². The molecule has 21 heavy (non-hydrogen) atoms. The van der Waals surface area contributed by atoms with Crippen molar-refractivity contribution < 1.29 is 0 Å². The minimum absolute atomic E-state index is 0.563. The Morgan fingerprint density at radius 2 is 1.67 bits per heavy atom. The molecule has 1 N–H and O–H groups in total. The normalized spacial score (nSPS) is 12.8. The van der Waals surface area contributed by atoms with Gasteiger partial charge in [-0.05, 0) is 43.0 Å². The molecule has 0 aliphatic carbocycles. The van der Waals surface area contributed by atoms with Crippen LogP contribution in [0.15, 0.2) is 42.5 Å². The molecule has 1 atom stereocenters. The summed E-state index contributed by atoms with van der Waals surface area (Å²) in [5, 5.41) is 3.63. The Balaban J connectivity index is 2.04. The molecule has 0 saturated carbocycles. The van der Waals surface area contributed by atoms with Gasteiger partial charge < -0.3 is 5.32 Å². The van der Waals surface area contributed by atoms with Crippen LogP contribution in [0.4, 0.5) is 0 Å². The summed E-state index contributed by atoms with van der Waals surface area (Å²) in [5.74, 6) is 1.27. The predicted octanol–water partition coefficient (Wildman–Crippen LogP) is 4.88. The Labute approximate surface area is 133 Å². The lowest BCUT2D eigenvalue weighted by Gasteiger charge is -2.18. The van der Waals surface area contributed by atoms with Crippen LogP contribution in [-0.4, -0.2) is 13.1 Å². The fourth-order valence-corrected chi connectivity index (χ4v) is 3.58. The predicted molar refractivity (Wildman–Crippen MR) is 94.3 cm³/mol. The number of hydrogen-bond donors (Lipinski definition) is 1. The Morgan fingerprint density at radius 1 is 0.952 bits per heavy atom. The van der Waals surface area contributed by atoms with Gasteiger partial charge in [0.15, 0.2) is 0 Å². The summed E-state index contributed by atoms with van der Waals surface area (Å²) in [7, 11) is 0. The van der Waals surface area contributed by atoms with E-state index < -0.39 is 0 Å². The first-order valence-electron chi connectivity index (χ1n) is 8.02. The van der Waals surface area contributed by atoms with Gasteiger partial charge in [0.25, 0.3) is 0 Å². The summed E-state index contributed by atoms with van der Waals surface area (Å²) in [6.07, 6.45) is 2.28. The largest absolute Gasteiger partial charge is 0.316 e. The lowest BCUT2D eigenvalue weighted by molar-refractivity contribution is 0.515. The van der Waals surface area contributed by atoms with Crippen LogP contribution < -0.4 is 5.32 Å². The molecule has 1 aromatic carbocycles. The summed E-state index contributed by atoms with van der Waals surface area (Å²) >= 11 is 1.97. The molecule has 1 aromatic heterocycles. The number of nitrogens with one attached hydrogen (secondary N) is 1. The van der Waals surface area contributed by atoms with E-state index in [0.717, 1.165) is 25.9 Å². The molecule has 114 valence electrons. The van der Waals surface area contributed by atoms with Gasteiger partial charge in [-0.15, -0.1) is 11.3 Å². The summed E-state index contributed by atoms with van der Waals surface area (Å²) in [6, 6.07) is 15.5. The van der Waals surface area contributed by atoms with Crippen LogP contribution in [-0.2, 0) is 12.8 Å². The SMILES string of the molecule is CCc1ccc(CC(CNCC(C)C)c2ccccc2)s1. The van der Waals surface area contributed by atoms with Crippen LogP contribution >= 0.6 is 11.3 Å². The minimum Gasteiger partial charge on any atom is -0.316 e. The quantitative estimate of drug-likeness (QED) is 0.732. The maximum atomic E-state index is 3.63. The van der Waals surface area contributed by atoms with E-state index in [1.807, 2.05) is 11.3 Å². The van der Waals surface area contributed by atoms with Crippen molar-refractivity contribution in [3.8, 4) is 0 Å². The summed E-state index contributed by atoms with van der Waals surface area (Å²) in [5.41, 5.74) is 1.44. The minimum atomic E-state index is 0.563. The molecule has 0 aliphatic rings. The number of aryl methyl sites for hydroxylation is 1. The zero-order valence-corrected chi connectivity index (χ0v) is 14.2. The van der Waals surface area contributed by atoms with Gasteiger partial charge in [-0.25, -0.2) is 0 Å².